The predicted molar refractivity (Wildman–Crippen MR) is 480 cm³/mol. The molecule has 3 N–H and O–H groups in total. The first kappa shape index (κ1) is 122. The molecular formula is C86H152BrF3ILiN12O14. The summed E-state index contributed by atoms with van der Waals surface area (Å²) in [7, 11) is 11.2. The number of nitriles is 1. The van der Waals surface area contributed by atoms with Crippen molar-refractivity contribution < 1.29 is 98.0 Å². The van der Waals surface area contributed by atoms with E-state index in [2.05, 4.69) is 175 Å². The molecule has 0 saturated heterocycles. The molecule has 11 rings (SSSR count). The number of methoxy groups -OCH3 is 7. The van der Waals surface area contributed by atoms with Gasteiger partial charge >= 0.3 is 37.0 Å². The summed E-state index contributed by atoms with van der Waals surface area (Å²) in [5, 5.41) is 31.7. The SMILES string of the molecule is C.C.C.C.C.C.C.CC#N.CC1CCC(c2cc(CBr)no2)C1.CI.COC(=O)[C@@H](N)Cc1cc(C2CCC(C)C2)on1.COC1=N[C@H](C(C)C)C(OC)=NC1.COC1=N[C@H](C(C)C)C(OC)=N[C@@H]1Cc1cc(C2CCC(C)C2)on1.COC1=N[C@H](C(C)C)C(OC)=N[C@H]1Cc1cc(C2CCC(C)C2)on1.O=C(O)C(F)(F)F.[CH2-]CCC.[Li+]. The average Bonchev–Trinajstić information content (AvgIpc) is 1.15. The van der Waals surface area contributed by atoms with Crippen molar-refractivity contribution in [1.29, 1.82) is 5.26 Å². The number of nitrogens with two attached hydrogens (primary N) is 1. The zero-order chi connectivity index (χ0) is 82.4. The molecule has 0 aromatic carbocycles. The van der Waals surface area contributed by atoms with Gasteiger partial charge in [-0.05, 0) is 123 Å². The van der Waals surface area contributed by atoms with Crippen molar-refractivity contribution in [2.45, 2.75) is 316 Å². The third-order valence-electron chi connectivity index (χ3n) is 19.4. The molecule has 4 aromatic rings. The Balaban J connectivity index is -0.000000318. The summed E-state index contributed by atoms with van der Waals surface area (Å²) in [5.41, 5.74) is 9.21. The van der Waals surface area contributed by atoms with Gasteiger partial charge in [-0.3, -0.25) is 4.79 Å². The number of carbonyl (C=O) groups is 2. The van der Waals surface area contributed by atoms with Crippen LogP contribution in [0.3, 0.4) is 0 Å². The van der Waals surface area contributed by atoms with Gasteiger partial charge in [0.05, 0.1) is 78.6 Å². The third-order valence-corrected chi connectivity index (χ3v) is 20.0. The van der Waals surface area contributed by atoms with Crippen LogP contribution in [0, 0.1) is 59.7 Å². The van der Waals surface area contributed by atoms with Gasteiger partial charge in [0.25, 0.3) is 0 Å². The van der Waals surface area contributed by atoms with Gasteiger partial charge in [-0.1, -0.05) is 194 Å². The van der Waals surface area contributed by atoms with E-state index in [9.17, 15) is 18.0 Å². The van der Waals surface area contributed by atoms with Gasteiger partial charge in [-0.2, -0.15) is 24.9 Å². The Labute approximate surface area is 741 Å². The largest absolute Gasteiger partial charge is 1.00 e. The van der Waals surface area contributed by atoms with Crippen LogP contribution in [0.1, 0.15) is 294 Å². The van der Waals surface area contributed by atoms with E-state index in [1.807, 2.05) is 11.0 Å². The summed E-state index contributed by atoms with van der Waals surface area (Å²) in [4.78, 5) is 49.6. The molecule has 26 nitrogen and oxygen atoms in total. The van der Waals surface area contributed by atoms with Crippen LogP contribution >= 0.6 is 38.5 Å². The number of carboxylic acid groups (broad SMARTS) is 1. The second kappa shape index (κ2) is 64.5. The fourth-order valence-electron chi connectivity index (χ4n) is 13.4. The van der Waals surface area contributed by atoms with Gasteiger partial charge in [-0.15, -0.1) is 0 Å². The summed E-state index contributed by atoms with van der Waals surface area (Å²) in [6.45, 7) is 29.4. The maximum atomic E-state index is 11.2. The van der Waals surface area contributed by atoms with Crippen LogP contribution < -0.4 is 24.6 Å². The summed E-state index contributed by atoms with van der Waals surface area (Å²) in [6.07, 6.45) is 13.4. The second-order valence-electron chi connectivity index (χ2n) is 29.5. The first-order valence-electron chi connectivity index (χ1n) is 38.0. The molecule has 3 aliphatic heterocycles. The van der Waals surface area contributed by atoms with E-state index in [0.29, 0.717) is 103 Å². The molecule has 7 heterocycles. The van der Waals surface area contributed by atoms with Crippen molar-refractivity contribution >= 4 is 85.8 Å². The third kappa shape index (κ3) is 41.0. The molecule has 14 atom stereocenters. The minimum Gasteiger partial charge on any atom is -0.483 e. The minimum absolute atomic E-state index is 0. The van der Waals surface area contributed by atoms with E-state index < -0.39 is 24.2 Å². The first-order valence-corrected chi connectivity index (χ1v) is 41.3. The van der Waals surface area contributed by atoms with Crippen LogP contribution in [-0.2, 0) is 67.3 Å². The number of nitrogens with zero attached hydrogens (tertiary/aromatic N) is 11. The number of esters is 1. The van der Waals surface area contributed by atoms with Crippen molar-refractivity contribution in [3.63, 3.8) is 0 Å². The number of halogens is 5. The fraction of sp³-hybridized carbons (Fsp3) is 0.744. The molecule has 7 aliphatic rings. The normalized spacial score (nSPS) is 22.9. The Morgan fingerprint density at radius 2 is 0.839 bits per heavy atom. The van der Waals surface area contributed by atoms with E-state index in [1.54, 1.807) is 48.7 Å². The van der Waals surface area contributed by atoms with E-state index in [0.717, 1.165) is 94.1 Å². The van der Waals surface area contributed by atoms with E-state index in [-0.39, 0.29) is 101 Å². The molecule has 4 aliphatic carbocycles. The molecule has 4 aromatic heterocycles. The fourth-order valence-corrected chi connectivity index (χ4v) is 13.6. The Kier molecular flexibility index (Phi) is 66.9. The van der Waals surface area contributed by atoms with Crippen LogP contribution in [0.25, 0.3) is 0 Å². The monoisotopic (exact) mass is 1850 g/mol. The summed E-state index contributed by atoms with van der Waals surface area (Å²) < 4.78 is 90.3. The summed E-state index contributed by atoms with van der Waals surface area (Å²) >= 11 is 5.52. The number of aliphatic carboxylic acids is 1. The molecule has 0 radical (unpaired) electrons. The smallest absolute Gasteiger partial charge is 0.483 e. The number of unbranched alkanes of at least 4 members (excludes halogenated alkanes) is 1. The van der Waals surface area contributed by atoms with Crippen molar-refractivity contribution in [3.8, 4) is 6.07 Å². The van der Waals surface area contributed by atoms with E-state index >= 15 is 0 Å². The van der Waals surface area contributed by atoms with Crippen molar-refractivity contribution in [2.24, 2.45) is 77.1 Å². The molecule has 676 valence electrons. The Bertz CT molecular complexity index is 3440. The average molecular weight is 1850 g/mol. The number of alkyl halides is 5. The summed E-state index contributed by atoms with van der Waals surface area (Å²) in [6, 6.07) is 8.63. The molecule has 4 saturated carbocycles. The predicted octanol–water partition coefficient (Wildman–Crippen LogP) is 18.7. The number of hydrogen-bond acceptors (Lipinski definition) is 25. The summed E-state index contributed by atoms with van der Waals surface area (Å²) in [5.74, 6) is 11.0. The maximum Gasteiger partial charge on any atom is 1.00 e. The van der Waals surface area contributed by atoms with Crippen LogP contribution in [0.5, 0.6) is 0 Å². The van der Waals surface area contributed by atoms with Crippen molar-refractivity contribution in [2.75, 3.05) is 61.2 Å². The molecule has 118 heavy (non-hydrogen) atoms. The van der Waals surface area contributed by atoms with Gasteiger partial charge in [0.2, 0.25) is 35.4 Å². The topological polar surface area (TPSA) is 347 Å². The molecule has 4 fully saturated rings. The number of aliphatic imine (C=N–C) groups is 6. The first-order chi connectivity index (χ1) is 52.4. The zero-order valence-corrected chi connectivity index (χ0v) is 73.2. The molecule has 0 bridgehead atoms. The Hall–Kier alpha value is -6.35. The van der Waals surface area contributed by atoms with Gasteiger partial charge in [0.1, 0.15) is 65.8 Å². The van der Waals surface area contributed by atoms with Gasteiger partial charge in [0, 0.05) is 79.5 Å². The molecule has 0 amide bonds. The van der Waals surface area contributed by atoms with Crippen LogP contribution in [0.4, 0.5) is 13.2 Å². The zero-order valence-electron chi connectivity index (χ0n) is 69.4. The van der Waals surface area contributed by atoms with Crippen LogP contribution in [-0.4, -0.2) is 177 Å². The number of hydrogen-bond donors (Lipinski definition) is 2. The van der Waals surface area contributed by atoms with Crippen molar-refractivity contribution in [3.05, 3.63) is 77.0 Å². The Morgan fingerprint density at radius 1 is 0.551 bits per heavy atom. The number of aromatic nitrogens is 4. The quantitative estimate of drug-likeness (QED) is 0.0346. The standard InChI is InChI=1S/2C19H29N3O3.C13H20N2O3.C10H14BrNO.C9H16N2O2.C4H9.C2HF3O2.C2H3N.CH3I.7CH4.Li/c2*1-11(2)17-19(24-5)20-15(18(21-17)23-4)9-14-10-16(25-22-14)13-7-6-12(3)8-13;1-8-3-4-9(5-8)12-7-10(15-18-12)6-11(14)13(16)17-2;1-7-2-3-8(4-7)10-5-9(6-11)12-13-10;1-6(2)8-9(13-4)10-5-7(11-8)12-3;1-3-4-2;3-2(4,5)1(6)7;1-2-3;1-2;;;;;;;;/h2*10-13,15,17H,6-9H2,1-5H3;7-9,11H,3-6,14H2,1-2H3;5,7-8H,2-4,6H2,1H3;6,8H,5H2,1-4H3;1,3-4H2,2H3;(H,6,7);1H3;1H3;7*1H4;/q;;;;;-1;;;;;;;;;;;+1/t12?,13?,15-,17+;12?,13?,15-,17-;8?,9?,11-;;8-;;;;;;;;;;;;/m010.1............/s1. The van der Waals surface area contributed by atoms with Gasteiger partial charge in [0.15, 0.2) is 0 Å². The molecule has 32 heteroatoms. The maximum absolute atomic E-state index is 11.2. The number of carboxylic acids is 1. The minimum atomic E-state index is -5.08. The van der Waals surface area contributed by atoms with Gasteiger partial charge in [-0.25, -0.2) is 34.7 Å². The second-order valence-corrected chi connectivity index (χ2v) is 30.0. The van der Waals surface area contributed by atoms with E-state index in [1.165, 1.54) is 84.7 Å². The van der Waals surface area contributed by atoms with E-state index in [4.69, 9.17) is 87.4 Å². The number of ether oxygens (including phenoxy) is 7. The van der Waals surface area contributed by atoms with Crippen LogP contribution in [0.15, 0.2) is 72.3 Å². The Morgan fingerprint density at radius 3 is 1.08 bits per heavy atom. The van der Waals surface area contributed by atoms with Crippen molar-refractivity contribution in [1.82, 2.24) is 20.6 Å². The number of carbonyl (C=O) groups excluding carboxylic acids is 1. The van der Waals surface area contributed by atoms with Gasteiger partial charge < -0.3 is 69.0 Å². The van der Waals surface area contributed by atoms with Crippen LogP contribution in [0.2, 0.25) is 0 Å². The molecule has 8 unspecified atom stereocenters. The number of rotatable bonds is 16. The molecular weight excluding hydrogens is 1700 g/mol. The molecule has 0 spiro atoms.